The topological polar surface area (TPSA) is 91.6 Å². The number of Topliss-reactive ketones (excluding diaryl/α,β-unsaturated/α-hetero) is 1. The van der Waals surface area contributed by atoms with Crippen LogP contribution in [-0.4, -0.2) is 37.8 Å². The molecule has 0 aliphatic carbocycles. The fraction of sp³-hybridized carbons (Fsp3) is 0.0909. The molecular weight excluding hydrogens is 416 g/mol. The van der Waals surface area contributed by atoms with E-state index in [1.54, 1.807) is 54.0 Å². The number of carbonyl (C=O) groups is 1. The van der Waals surface area contributed by atoms with Gasteiger partial charge in [0, 0.05) is 6.07 Å². The van der Waals surface area contributed by atoms with E-state index in [2.05, 4.69) is 10.2 Å². The molecule has 0 fully saturated rings. The third kappa shape index (κ3) is 3.28. The number of aromatic nitrogens is 4. The number of ether oxygens (including phenoxy) is 1. The van der Waals surface area contributed by atoms with Crippen molar-refractivity contribution in [3.63, 3.8) is 0 Å². The van der Waals surface area contributed by atoms with Gasteiger partial charge in [-0.25, -0.2) is 4.57 Å². The average molecular weight is 432 g/mol. The monoisotopic (exact) mass is 432 g/mol. The quantitative estimate of drug-likeness (QED) is 0.299. The summed E-state index contributed by atoms with van der Waals surface area (Å²) >= 11 is 1.23. The number of furan rings is 1. The fourth-order valence-electron chi connectivity index (χ4n) is 3.39. The Morgan fingerprint density at radius 1 is 1.10 bits per heavy atom. The molecule has 0 radical (unpaired) electrons. The zero-order valence-corrected chi connectivity index (χ0v) is 17.2. The van der Waals surface area contributed by atoms with Crippen molar-refractivity contribution in [1.82, 2.24) is 19.2 Å². The summed E-state index contributed by atoms with van der Waals surface area (Å²) in [4.78, 5) is 25.7. The molecule has 0 aliphatic heterocycles. The van der Waals surface area contributed by atoms with Crippen LogP contribution in [0.3, 0.4) is 0 Å². The average Bonchev–Trinajstić information content (AvgIpc) is 3.48. The second-order valence-electron chi connectivity index (χ2n) is 6.67. The Hall–Kier alpha value is -3.85. The van der Waals surface area contributed by atoms with Gasteiger partial charge in [0.05, 0.1) is 35.7 Å². The van der Waals surface area contributed by atoms with Crippen LogP contribution in [0, 0.1) is 0 Å². The Morgan fingerprint density at radius 2 is 1.97 bits per heavy atom. The van der Waals surface area contributed by atoms with Gasteiger partial charge in [0.15, 0.2) is 10.9 Å². The van der Waals surface area contributed by atoms with Crippen LogP contribution in [0.15, 0.2) is 81.3 Å². The van der Waals surface area contributed by atoms with E-state index < -0.39 is 0 Å². The minimum absolute atomic E-state index is 0.126. The Morgan fingerprint density at radius 3 is 2.77 bits per heavy atom. The number of nitrogens with zero attached hydrogens (tertiary/aromatic N) is 4. The van der Waals surface area contributed by atoms with E-state index in [-0.39, 0.29) is 17.1 Å². The number of benzene rings is 2. The maximum absolute atomic E-state index is 13.3. The van der Waals surface area contributed by atoms with E-state index >= 15 is 0 Å². The zero-order chi connectivity index (χ0) is 21.4. The number of hydrogen-bond acceptors (Lipinski definition) is 7. The van der Waals surface area contributed by atoms with Crippen molar-refractivity contribution in [3.8, 4) is 11.4 Å². The number of para-hydroxylation sites is 1. The highest BCUT2D eigenvalue weighted by Gasteiger charge is 2.19. The summed E-state index contributed by atoms with van der Waals surface area (Å²) in [6.07, 6.45) is 1.46. The van der Waals surface area contributed by atoms with Gasteiger partial charge in [0.2, 0.25) is 11.6 Å². The third-order valence-electron chi connectivity index (χ3n) is 4.83. The van der Waals surface area contributed by atoms with Crippen molar-refractivity contribution in [2.75, 3.05) is 12.9 Å². The maximum atomic E-state index is 13.3. The van der Waals surface area contributed by atoms with E-state index in [4.69, 9.17) is 9.15 Å². The Balaban J connectivity index is 1.68. The Kier molecular flexibility index (Phi) is 4.79. The van der Waals surface area contributed by atoms with Crippen molar-refractivity contribution in [1.29, 1.82) is 0 Å². The summed E-state index contributed by atoms with van der Waals surface area (Å²) < 4.78 is 13.8. The Bertz CT molecular complexity index is 1470. The molecule has 0 bridgehead atoms. The molecule has 0 saturated carbocycles. The number of hydrogen-bond donors (Lipinski definition) is 0. The molecule has 0 spiro atoms. The van der Waals surface area contributed by atoms with E-state index in [0.29, 0.717) is 39.0 Å². The first-order valence-corrected chi connectivity index (χ1v) is 10.4. The van der Waals surface area contributed by atoms with Gasteiger partial charge in [0.1, 0.15) is 5.75 Å². The van der Waals surface area contributed by atoms with Gasteiger partial charge in [0.25, 0.3) is 5.56 Å². The van der Waals surface area contributed by atoms with E-state index in [1.807, 2.05) is 18.2 Å². The van der Waals surface area contributed by atoms with Crippen molar-refractivity contribution >= 4 is 34.2 Å². The molecule has 9 heteroatoms. The summed E-state index contributed by atoms with van der Waals surface area (Å²) in [5, 5.41) is 9.57. The van der Waals surface area contributed by atoms with Crippen molar-refractivity contribution in [2.24, 2.45) is 0 Å². The summed E-state index contributed by atoms with van der Waals surface area (Å²) in [6, 6.07) is 17.7. The molecule has 5 aromatic rings. The SMILES string of the molecule is COc1cccc(-n2c(=O)c3ccccc3n3c(SCC(=O)c4ccco4)nnc23)c1. The number of thioether (sulfide) groups is 1. The predicted molar refractivity (Wildman–Crippen MR) is 116 cm³/mol. The van der Waals surface area contributed by atoms with E-state index in [0.717, 1.165) is 0 Å². The van der Waals surface area contributed by atoms with Gasteiger partial charge in [-0.1, -0.05) is 30.0 Å². The van der Waals surface area contributed by atoms with Gasteiger partial charge >= 0.3 is 0 Å². The van der Waals surface area contributed by atoms with Gasteiger partial charge in [-0.3, -0.25) is 14.0 Å². The first-order valence-electron chi connectivity index (χ1n) is 9.40. The van der Waals surface area contributed by atoms with Crippen LogP contribution in [0.1, 0.15) is 10.6 Å². The molecule has 3 aromatic heterocycles. The van der Waals surface area contributed by atoms with Crippen LogP contribution in [-0.2, 0) is 0 Å². The second kappa shape index (κ2) is 7.77. The number of rotatable bonds is 6. The van der Waals surface area contributed by atoms with Gasteiger partial charge in [-0.15, -0.1) is 10.2 Å². The summed E-state index contributed by atoms with van der Waals surface area (Å²) in [7, 11) is 1.57. The molecule has 31 heavy (non-hydrogen) atoms. The lowest BCUT2D eigenvalue weighted by molar-refractivity contribution is 0.0992. The largest absolute Gasteiger partial charge is 0.497 e. The molecule has 0 aliphatic rings. The standard InChI is InChI=1S/C22H16N4O4S/c1-29-15-7-4-6-14(12-15)25-20(28)16-8-2-3-9-17(16)26-21(25)23-24-22(26)31-13-18(27)19-10-5-11-30-19/h2-12H,13H2,1H3. The smallest absolute Gasteiger partial charge is 0.267 e. The minimum Gasteiger partial charge on any atom is -0.497 e. The molecule has 0 unspecified atom stereocenters. The molecule has 0 saturated heterocycles. The minimum atomic E-state index is -0.216. The summed E-state index contributed by atoms with van der Waals surface area (Å²) in [6.45, 7) is 0. The van der Waals surface area contributed by atoms with Crippen LogP contribution in [0.5, 0.6) is 5.75 Å². The highest BCUT2D eigenvalue weighted by molar-refractivity contribution is 7.99. The lowest BCUT2D eigenvalue weighted by Gasteiger charge is -2.12. The second-order valence-corrected chi connectivity index (χ2v) is 7.61. The van der Waals surface area contributed by atoms with Crippen LogP contribution in [0.25, 0.3) is 22.4 Å². The first kappa shape index (κ1) is 19.1. The molecule has 8 nitrogen and oxygen atoms in total. The molecule has 2 aromatic carbocycles. The van der Waals surface area contributed by atoms with Crippen LogP contribution < -0.4 is 10.3 Å². The highest BCUT2D eigenvalue weighted by Crippen LogP contribution is 2.25. The Labute approximate surface area is 180 Å². The number of fused-ring (bicyclic) bond motifs is 3. The number of methoxy groups -OCH3 is 1. The predicted octanol–water partition coefficient (Wildman–Crippen LogP) is 3.61. The van der Waals surface area contributed by atoms with Gasteiger partial charge < -0.3 is 9.15 Å². The first-order chi connectivity index (χ1) is 15.2. The number of ketones is 1. The van der Waals surface area contributed by atoms with Crippen molar-refractivity contribution in [2.45, 2.75) is 5.16 Å². The maximum Gasteiger partial charge on any atom is 0.267 e. The molecule has 0 N–H and O–H groups in total. The lowest BCUT2D eigenvalue weighted by Crippen LogP contribution is -2.21. The van der Waals surface area contributed by atoms with Crippen molar-refractivity contribution in [3.05, 3.63) is 83.0 Å². The van der Waals surface area contributed by atoms with Crippen LogP contribution >= 0.6 is 11.8 Å². The zero-order valence-electron chi connectivity index (χ0n) is 16.4. The van der Waals surface area contributed by atoms with E-state index in [1.165, 1.54) is 22.6 Å². The molecule has 154 valence electrons. The molecular formula is C22H16N4O4S. The lowest BCUT2D eigenvalue weighted by atomic mass is 10.2. The normalized spacial score (nSPS) is 11.3. The third-order valence-corrected chi connectivity index (χ3v) is 5.76. The molecule has 0 amide bonds. The fourth-order valence-corrected chi connectivity index (χ4v) is 4.20. The van der Waals surface area contributed by atoms with Crippen LogP contribution in [0.4, 0.5) is 0 Å². The number of carbonyl (C=O) groups excluding carboxylic acids is 1. The van der Waals surface area contributed by atoms with Crippen molar-refractivity contribution < 1.29 is 13.9 Å². The van der Waals surface area contributed by atoms with E-state index in [9.17, 15) is 9.59 Å². The summed E-state index contributed by atoms with van der Waals surface area (Å²) in [5.41, 5.74) is 1.06. The van der Waals surface area contributed by atoms with Crippen LogP contribution in [0.2, 0.25) is 0 Å². The highest BCUT2D eigenvalue weighted by atomic mass is 32.2. The molecule has 5 rings (SSSR count). The van der Waals surface area contributed by atoms with Gasteiger partial charge in [-0.05, 0) is 36.4 Å². The summed E-state index contributed by atoms with van der Waals surface area (Å²) in [5.74, 6) is 1.23. The molecule has 3 heterocycles. The molecule has 0 atom stereocenters. The van der Waals surface area contributed by atoms with Gasteiger partial charge in [-0.2, -0.15) is 0 Å².